The summed E-state index contributed by atoms with van der Waals surface area (Å²) in [7, 11) is 0. The molecule has 0 amide bonds. The van der Waals surface area contributed by atoms with Crippen LogP contribution in [-0.4, -0.2) is 16.3 Å². The highest BCUT2D eigenvalue weighted by Gasteiger charge is 2.04. The van der Waals surface area contributed by atoms with E-state index in [4.69, 9.17) is 0 Å². The van der Waals surface area contributed by atoms with Gasteiger partial charge in [0.2, 0.25) is 16.3 Å². The van der Waals surface area contributed by atoms with E-state index < -0.39 is 0 Å². The predicted molar refractivity (Wildman–Crippen MR) is 62.3 cm³/mol. The highest BCUT2D eigenvalue weighted by atomic mass is 27.0. The molecule has 0 saturated carbocycles. The monoisotopic (exact) mass is 190 g/mol. The molecule has 0 heterocycles. The Morgan fingerprint density at radius 3 is 2.31 bits per heavy atom. The molecule has 0 nitrogen and oxygen atoms in total. The van der Waals surface area contributed by atoms with E-state index in [9.17, 15) is 0 Å². The Labute approximate surface area is 89.8 Å². The van der Waals surface area contributed by atoms with Gasteiger partial charge >= 0.3 is 0 Å². The highest BCUT2D eigenvalue weighted by molar-refractivity contribution is 6.09. The van der Waals surface area contributed by atoms with Gasteiger partial charge in [-0.15, -0.1) is 0 Å². The second kappa shape index (κ2) is 4.84. The third-order valence-corrected chi connectivity index (χ3v) is 3.98. The van der Waals surface area contributed by atoms with Crippen molar-refractivity contribution in [3.63, 3.8) is 0 Å². The van der Waals surface area contributed by atoms with Gasteiger partial charge in [-0.05, 0) is 23.0 Å². The van der Waals surface area contributed by atoms with Crippen LogP contribution < -0.4 is 0 Å². The number of hydrogen-bond donors (Lipinski definition) is 0. The second-order valence-corrected chi connectivity index (χ2v) is 4.95. The molecule has 13 heavy (non-hydrogen) atoms. The van der Waals surface area contributed by atoms with Crippen LogP contribution >= 0.6 is 0 Å². The molecule has 0 aliphatic heterocycles. The lowest BCUT2D eigenvalue weighted by Gasteiger charge is -2.12. The molecule has 1 aromatic rings. The predicted octanol–water partition coefficient (Wildman–Crippen LogP) is 2.96. The largest absolute Gasteiger partial charge is 0.212 e. The lowest BCUT2D eigenvalue weighted by atomic mass is 9.96. The summed E-state index contributed by atoms with van der Waals surface area (Å²) in [6.45, 7) is 6.83. The Bertz CT molecular complexity index is 266. The van der Waals surface area contributed by atoms with Crippen molar-refractivity contribution in [2.45, 2.75) is 37.9 Å². The molecule has 0 aliphatic carbocycles. The summed E-state index contributed by atoms with van der Waals surface area (Å²) in [6, 6.07) is 9.05. The Morgan fingerprint density at radius 1 is 1.15 bits per heavy atom. The normalized spacial score (nSPS) is 13.2. The molecule has 0 N–H and O–H groups in total. The van der Waals surface area contributed by atoms with E-state index in [-0.39, 0.29) is 0 Å². The lowest BCUT2D eigenvalue weighted by molar-refractivity contribution is 0.833. The average Bonchev–Trinajstić information content (AvgIpc) is 2.17. The van der Waals surface area contributed by atoms with E-state index in [0.29, 0.717) is 5.92 Å². The minimum absolute atomic E-state index is 0.654. The van der Waals surface area contributed by atoms with Gasteiger partial charge in [-0.3, -0.25) is 0 Å². The van der Waals surface area contributed by atoms with E-state index in [1.54, 1.807) is 0 Å². The Hall–Kier alpha value is -0.248. The summed E-state index contributed by atoms with van der Waals surface area (Å²) in [6.07, 6.45) is 0. The van der Waals surface area contributed by atoms with Crippen LogP contribution in [0.3, 0.4) is 0 Å². The quantitative estimate of drug-likeness (QED) is 0.643. The Kier molecular flexibility index (Phi) is 4.03. The molecule has 1 heteroatoms. The molecular weight excluding hydrogens is 171 g/mol. The van der Waals surface area contributed by atoms with Crippen molar-refractivity contribution < 1.29 is 0 Å². The zero-order valence-corrected chi connectivity index (χ0v) is 11.2. The smallest absolute Gasteiger partial charge is 0.0949 e. The molecule has 1 unspecified atom stereocenters. The third kappa shape index (κ3) is 2.86. The van der Waals surface area contributed by atoms with Gasteiger partial charge in [-0.1, -0.05) is 50.3 Å². The summed E-state index contributed by atoms with van der Waals surface area (Å²) >= 11 is 1.30. The van der Waals surface area contributed by atoms with Crippen LogP contribution in [-0.2, 0) is 0 Å². The van der Waals surface area contributed by atoms with Crippen LogP contribution in [0.15, 0.2) is 24.3 Å². The van der Waals surface area contributed by atoms with E-state index in [1.807, 2.05) is 0 Å². The van der Waals surface area contributed by atoms with Crippen molar-refractivity contribution in [3.8, 4) is 0 Å². The van der Waals surface area contributed by atoms with Gasteiger partial charge in [0.25, 0.3) is 0 Å². The average molecular weight is 190 g/mol. The number of hydrogen-bond acceptors (Lipinski definition) is 0. The molecule has 0 radical (unpaired) electrons. The fourth-order valence-corrected chi connectivity index (χ4v) is 1.93. The van der Waals surface area contributed by atoms with Crippen LogP contribution in [0.1, 0.15) is 43.7 Å². The van der Waals surface area contributed by atoms with Crippen LogP contribution in [0, 0.1) is 0 Å². The van der Waals surface area contributed by atoms with Gasteiger partial charge in [0, 0.05) is 0 Å². The van der Waals surface area contributed by atoms with Crippen molar-refractivity contribution in [2.24, 2.45) is 0 Å². The summed E-state index contributed by atoms with van der Waals surface area (Å²) in [5.74, 6) is 1.41. The van der Waals surface area contributed by atoms with Crippen molar-refractivity contribution in [1.82, 2.24) is 0 Å². The molecule has 1 aromatic carbocycles. The Balaban J connectivity index is 2.91. The fraction of sp³-hybridized carbons (Fsp3) is 0.500. The van der Waals surface area contributed by atoms with Crippen LogP contribution in [0.5, 0.6) is 0 Å². The van der Waals surface area contributed by atoms with Gasteiger partial charge in [-0.25, -0.2) is 0 Å². The number of benzene rings is 1. The van der Waals surface area contributed by atoms with Crippen molar-refractivity contribution in [3.05, 3.63) is 35.4 Å². The van der Waals surface area contributed by atoms with E-state index in [0.717, 1.165) is 5.92 Å². The highest BCUT2D eigenvalue weighted by Crippen LogP contribution is 2.22. The van der Waals surface area contributed by atoms with Crippen molar-refractivity contribution >= 4 is 16.3 Å². The molecule has 0 spiro atoms. The van der Waals surface area contributed by atoms with E-state index in [2.05, 4.69) is 45.0 Å². The van der Waals surface area contributed by atoms with Gasteiger partial charge < -0.3 is 0 Å². The fourth-order valence-electron chi connectivity index (χ4n) is 1.46. The van der Waals surface area contributed by atoms with Crippen molar-refractivity contribution in [2.75, 3.05) is 0 Å². The first-order valence-corrected chi connectivity index (χ1v) is 6.66. The maximum Gasteiger partial charge on any atom is 0.212 e. The molecule has 70 valence electrons. The van der Waals surface area contributed by atoms with Crippen molar-refractivity contribution in [1.29, 1.82) is 0 Å². The van der Waals surface area contributed by atoms with E-state index >= 15 is 0 Å². The summed E-state index contributed by atoms with van der Waals surface area (Å²) in [5, 5.41) is 1.36. The van der Waals surface area contributed by atoms with Crippen LogP contribution in [0.2, 0.25) is 5.28 Å². The molecule has 0 saturated heterocycles. The zero-order chi connectivity index (χ0) is 9.84. The molecular formula is C12H19Al. The molecule has 0 aromatic heterocycles. The van der Waals surface area contributed by atoms with Gasteiger partial charge in [0.15, 0.2) is 0 Å². The van der Waals surface area contributed by atoms with Gasteiger partial charge in [0.05, 0.1) is 0 Å². The molecule has 0 fully saturated rings. The summed E-state index contributed by atoms with van der Waals surface area (Å²) < 4.78 is 0. The Morgan fingerprint density at radius 2 is 1.77 bits per heavy atom. The second-order valence-electron chi connectivity index (χ2n) is 4.13. The first-order valence-electron chi connectivity index (χ1n) is 5.25. The molecule has 0 bridgehead atoms. The standard InChI is InChI=1S/C12H17.Al.2H/c1-9(2)11-6-5-7-12(8-11)10(3)4;;;/h5-10H,1H2,2-4H3;;;. The first-order chi connectivity index (χ1) is 6.15. The maximum atomic E-state index is 2.37. The SMILES string of the molecule is CC(C)c1cccc(C(C)[CH2][AlH2])c1. The minimum atomic E-state index is 0.654. The maximum absolute atomic E-state index is 2.37. The molecule has 1 rings (SSSR count). The molecule has 1 atom stereocenters. The minimum Gasteiger partial charge on any atom is -0.0949 e. The van der Waals surface area contributed by atoms with Gasteiger partial charge in [-0.2, -0.15) is 0 Å². The topological polar surface area (TPSA) is 0 Å². The number of rotatable bonds is 3. The van der Waals surface area contributed by atoms with Crippen LogP contribution in [0.4, 0.5) is 0 Å². The third-order valence-electron chi connectivity index (χ3n) is 2.76. The van der Waals surface area contributed by atoms with E-state index in [1.165, 1.54) is 32.7 Å². The summed E-state index contributed by atoms with van der Waals surface area (Å²) in [5.41, 5.74) is 2.99. The first kappa shape index (κ1) is 10.8. The summed E-state index contributed by atoms with van der Waals surface area (Å²) in [4.78, 5) is 0. The lowest BCUT2D eigenvalue weighted by Crippen LogP contribution is -1.95. The van der Waals surface area contributed by atoms with Crippen LogP contribution in [0.25, 0.3) is 0 Å². The van der Waals surface area contributed by atoms with Gasteiger partial charge in [0.1, 0.15) is 0 Å². The zero-order valence-electron chi connectivity index (χ0n) is 9.17. The molecule has 0 aliphatic rings.